The smallest absolute Gasteiger partial charge is 0.416 e. The lowest BCUT2D eigenvalue weighted by Gasteiger charge is -2.10. The molecule has 30 heavy (non-hydrogen) atoms. The number of esters is 1. The number of fused-ring (bicyclic) bond motifs is 1. The average Bonchev–Trinajstić information content (AvgIpc) is 2.71. The number of benzene rings is 2. The van der Waals surface area contributed by atoms with Gasteiger partial charge in [-0.2, -0.15) is 13.2 Å². The first-order valence-corrected chi connectivity index (χ1v) is 8.81. The maximum atomic E-state index is 12.7. The van der Waals surface area contributed by atoms with E-state index < -0.39 is 30.2 Å². The summed E-state index contributed by atoms with van der Waals surface area (Å²) < 4.78 is 44.1. The number of hydrogen-bond donors (Lipinski definition) is 1. The Labute approximate surface area is 168 Å². The lowest BCUT2D eigenvalue weighted by molar-refractivity contribution is -0.147. The molecule has 1 amide bonds. The minimum atomic E-state index is -4.54. The molecule has 0 fully saturated rings. The second-order valence-electron chi connectivity index (χ2n) is 6.30. The summed E-state index contributed by atoms with van der Waals surface area (Å²) >= 11 is 0. The van der Waals surface area contributed by atoms with Gasteiger partial charge in [-0.3, -0.25) is 19.0 Å². The number of para-hydroxylation sites is 1. The highest BCUT2D eigenvalue weighted by Gasteiger charge is 2.30. The monoisotopic (exact) mass is 419 g/mol. The summed E-state index contributed by atoms with van der Waals surface area (Å²) in [7, 11) is 0. The predicted molar refractivity (Wildman–Crippen MR) is 102 cm³/mol. The van der Waals surface area contributed by atoms with Gasteiger partial charge < -0.3 is 10.1 Å². The molecule has 0 spiro atoms. The van der Waals surface area contributed by atoms with Crippen molar-refractivity contribution in [3.05, 3.63) is 70.8 Å². The van der Waals surface area contributed by atoms with Crippen LogP contribution in [-0.4, -0.2) is 28.0 Å². The Bertz CT molecular complexity index is 1140. The highest BCUT2D eigenvalue weighted by Crippen LogP contribution is 2.30. The zero-order valence-corrected chi connectivity index (χ0v) is 15.5. The number of nitrogens with one attached hydrogen (secondary N) is 1. The summed E-state index contributed by atoms with van der Waals surface area (Å²) in [5.41, 5.74) is -0.755. The molecule has 7 nitrogen and oxygen atoms in total. The molecule has 0 aliphatic heterocycles. The number of alkyl halides is 3. The minimum absolute atomic E-state index is 0.00471. The molecule has 0 atom stereocenters. The van der Waals surface area contributed by atoms with E-state index in [0.717, 1.165) is 18.2 Å². The lowest BCUT2D eigenvalue weighted by Crippen LogP contribution is -2.24. The Balaban J connectivity index is 1.51. The van der Waals surface area contributed by atoms with Crippen molar-refractivity contribution < 1.29 is 27.5 Å². The normalized spacial score (nSPS) is 11.3. The molecule has 1 heterocycles. The van der Waals surface area contributed by atoms with Crippen LogP contribution < -0.4 is 10.9 Å². The fraction of sp³-hybridized carbons (Fsp3) is 0.200. The third kappa shape index (κ3) is 5.22. The Morgan fingerprint density at radius 2 is 1.87 bits per heavy atom. The van der Waals surface area contributed by atoms with Crippen molar-refractivity contribution in [2.45, 2.75) is 19.1 Å². The van der Waals surface area contributed by atoms with Crippen LogP contribution in [-0.2, 0) is 27.0 Å². The van der Waals surface area contributed by atoms with Crippen LogP contribution >= 0.6 is 0 Å². The first kappa shape index (κ1) is 21.0. The van der Waals surface area contributed by atoms with Crippen LogP contribution in [0.4, 0.5) is 18.9 Å². The van der Waals surface area contributed by atoms with Crippen molar-refractivity contribution in [2.75, 3.05) is 11.9 Å². The first-order chi connectivity index (χ1) is 14.2. The molecule has 2 aromatic carbocycles. The van der Waals surface area contributed by atoms with Gasteiger partial charge in [-0.15, -0.1) is 0 Å². The van der Waals surface area contributed by atoms with Gasteiger partial charge in [-0.05, 0) is 30.3 Å². The van der Waals surface area contributed by atoms with E-state index in [1.807, 2.05) is 0 Å². The molecule has 0 aliphatic rings. The Hall–Kier alpha value is -3.69. The minimum Gasteiger partial charge on any atom is -0.456 e. The molecule has 0 aliphatic carbocycles. The van der Waals surface area contributed by atoms with Gasteiger partial charge in [0.05, 0.1) is 29.2 Å². The van der Waals surface area contributed by atoms with Gasteiger partial charge in [0.2, 0.25) is 0 Å². The first-order valence-electron chi connectivity index (χ1n) is 8.81. The molecule has 0 radical (unpaired) electrons. The Morgan fingerprint density at radius 3 is 2.63 bits per heavy atom. The van der Waals surface area contributed by atoms with Crippen molar-refractivity contribution >= 4 is 28.5 Å². The third-order valence-corrected chi connectivity index (χ3v) is 4.13. The van der Waals surface area contributed by atoms with Crippen LogP contribution in [0.1, 0.15) is 12.0 Å². The van der Waals surface area contributed by atoms with Gasteiger partial charge in [-0.25, -0.2) is 4.98 Å². The number of carbonyl (C=O) groups is 2. The Morgan fingerprint density at radius 1 is 1.10 bits per heavy atom. The third-order valence-electron chi connectivity index (χ3n) is 4.13. The van der Waals surface area contributed by atoms with E-state index in [0.29, 0.717) is 10.9 Å². The number of ether oxygens (including phenoxy) is 1. The van der Waals surface area contributed by atoms with E-state index in [1.165, 1.54) is 17.0 Å². The zero-order chi connectivity index (χ0) is 21.7. The number of aromatic nitrogens is 2. The van der Waals surface area contributed by atoms with E-state index in [-0.39, 0.29) is 24.2 Å². The van der Waals surface area contributed by atoms with Gasteiger partial charge in [0, 0.05) is 12.2 Å². The highest BCUT2D eigenvalue weighted by molar-refractivity contribution is 5.92. The van der Waals surface area contributed by atoms with Crippen LogP contribution in [0, 0.1) is 0 Å². The second-order valence-corrected chi connectivity index (χ2v) is 6.30. The summed E-state index contributed by atoms with van der Waals surface area (Å²) in [5.74, 6) is -1.53. The van der Waals surface area contributed by atoms with Crippen LogP contribution in [0.3, 0.4) is 0 Å². The van der Waals surface area contributed by atoms with Crippen molar-refractivity contribution in [3.63, 3.8) is 0 Å². The van der Waals surface area contributed by atoms with Gasteiger partial charge in [0.15, 0.2) is 6.61 Å². The summed E-state index contributed by atoms with van der Waals surface area (Å²) in [6, 6.07) is 10.9. The predicted octanol–water partition coefficient (Wildman–Crippen LogP) is 2.99. The molecular formula is C20H16F3N3O4. The molecule has 0 bridgehead atoms. The molecule has 1 N–H and O–H groups in total. The van der Waals surface area contributed by atoms with E-state index in [9.17, 15) is 27.6 Å². The van der Waals surface area contributed by atoms with Crippen molar-refractivity contribution in [1.82, 2.24) is 9.55 Å². The van der Waals surface area contributed by atoms with E-state index in [4.69, 9.17) is 4.74 Å². The topological polar surface area (TPSA) is 90.3 Å². The molecular weight excluding hydrogens is 403 g/mol. The maximum absolute atomic E-state index is 12.7. The summed E-state index contributed by atoms with van der Waals surface area (Å²) in [5, 5.41) is 2.64. The van der Waals surface area contributed by atoms with Crippen molar-refractivity contribution in [1.29, 1.82) is 0 Å². The van der Waals surface area contributed by atoms with Crippen LogP contribution in [0.15, 0.2) is 59.7 Å². The number of rotatable bonds is 6. The van der Waals surface area contributed by atoms with E-state index in [2.05, 4.69) is 10.3 Å². The van der Waals surface area contributed by atoms with Crippen LogP contribution in [0.2, 0.25) is 0 Å². The molecule has 156 valence electrons. The number of hydrogen-bond acceptors (Lipinski definition) is 5. The maximum Gasteiger partial charge on any atom is 0.416 e. The summed E-state index contributed by atoms with van der Waals surface area (Å²) in [6.07, 6.45) is -3.40. The summed E-state index contributed by atoms with van der Waals surface area (Å²) in [6.45, 7) is -0.662. The number of anilines is 1. The molecule has 0 unspecified atom stereocenters. The van der Waals surface area contributed by atoms with Crippen molar-refractivity contribution in [3.8, 4) is 0 Å². The van der Waals surface area contributed by atoms with Gasteiger partial charge in [-0.1, -0.05) is 18.2 Å². The molecule has 3 aromatic rings. The standard InChI is InChI=1S/C20H16F3N3O4/c21-20(22,23)13-4-3-5-14(10-13)25-17(27)11-30-18(28)8-9-26-12-24-16-7-2-1-6-15(16)19(26)29/h1-7,10,12H,8-9,11H2,(H,25,27). The van der Waals surface area contributed by atoms with Gasteiger partial charge in [0.25, 0.3) is 11.5 Å². The number of amides is 1. The van der Waals surface area contributed by atoms with E-state index in [1.54, 1.807) is 24.3 Å². The average molecular weight is 419 g/mol. The molecule has 0 saturated carbocycles. The largest absolute Gasteiger partial charge is 0.456 e. The molecule has 0 saturated heterocycles. The molecule has 1 aromatic heterocycles. The van der Waals surface area contributed by atoms with Gasteiger partial charge >= 0.3 is 12.1 Å². The molecule has 10 heteroatoms. The Kier molecular flexibility index (Phi) is 6.14. The fourth-order valence-electron chi connectivity index (χ4n) is 2.67. The zero-order valence-electron chi connectivity index (χ0n) is 15.5. The van der Waals surface area contributed by atoms with Crippen LogP contribution in [0.5, 0.6) is 0 Å². The number of carbonyl (C=O) groups excluding carboxylic acids is 2. The second kappa shape index (κ2) is 8.76. The number of nitrogens with zero attached hydrogens (tertiary/aromatic N) is 2. The van der Waals surface area contributed by atoms with Crippen molar-refractivity contribution in [2.24, 2.45) is 0 Å². The fourth-order valence-corrected chi connectivity index (χ4v) is 2.67. The highest BCUT2D eigenvalue weighted by atomic mass is 19.4. The quantitative estimate of drug-likeness (QED) is 0.621. The van der Waals surface area contributed by atoms with Gasteiger partial charge in [0.1, 0.15) is 0 Å². The number of aryl methyl sites for hydroxylation is 1. The number of halogens is 3. The lowest BCUT2D eigenvalue weighted by atomic mass is 10.2. The SMILES string of the molecule is O=C(COC(=O)CCn1cnc2ccccc2c1=O)Nc1cccc(C(F)(F)F)c1. The molecule has 3 rings (SSSR count). The van der Waals surface area contributed by atoms with E-state index >= 15 is 0 Å². The van der Waals surface area contributed by atoms with Crippen LogP contribution in [0.25, 0.3) is 10.9 Å². The summed E-state index contributed by atoms with van der Waals surface area (Å²) in [4.78, 5) is 40.1.